The van der Waals surface area contributed by atoms with Crippen molar-refractivity contribution in [2.45, 2.75) is 83.2 Å². The lowest BCUT2D eigenvalue weighted by Crippen LogP contribution is -2.64. The van der Waals surface area contributed by atoms with Gasteiger partial charge in [-0.3, -0.25) is 0 Å². The van der Waals surface area contributed by atoms with Gasteiger partial charge in [-0.1, -0.05) is 20.3 Å². The van der Waals surface area contributed by atoms with Crippen LogP contribution in [0, 0.1) is 34.5 Å². The lowest BCUT2D eigenvalue weighted by atomic mass is 9.43. The van der Waals surface area contributed by atoms with E-state index in [0.29, 0.717) is 22.7 Å². The van der Waals surface area contributed by atoms with Crippen LogP contribution in [0.5, 0.6) is 0 Å². The first-order chi connectivity index (χ1) is 13.0. The van der Waals surface area contributed by atoms with Gasteiger partial charge in [-0.2, -0.15) is 0 Å². The topological polar surface area (TPSA) is 36.9 Å². The number of hydrogen-bond donors (Lipinski definition) is 0. The van der Waals surface area contributed by atoms with Crippen LogP contribution in [0.2, 0.25) is 0 Å². The van der Waals surface area contributed by atoms with E-state index >= 15 is 0 Å². The summed E-state index contributed by atoms with van der Waals surface area (Å²) in [7, 11) is 0. The Morgan fingerprint density at radius 1 is 0.704 bits per heavy atom. The van der Waals surface area contributed by atoms with Crippen molar-refractivity contribution in [1.82, 2.24) is 0 Å². The van der Waals surface area contributed by atoms with Crippen LogP contribution in [0.4, 0.5) is 0 Å². The minimum Gasteiger partial charge on any atom is -0.348 e. The van der Waals surface area contributed by atoms with Crippen molar-refractivity contribution in [3.63, 3.8) is 0 Å². The zero-order chi connectivity index (χ0) is 18.3. The van der Waals surface area contributed by atoms with Crippen LogP contribution in [-0.2, 0) is 18.9 Å². The molecule has 0 N–H and O–H groups in total. The summed E-state index contributed by atoms with van der Waals surface area (Å²) in [5, 5.41) is 0. The summed E-state index contributed by atoms with van der Waals surface area (Å²) in [5.74, 6) is 2.03. The van der Waals surface area contributed by atoms with Gasteiger partial charge >= 0.3 is 0 Å². The van der Waals surface area contributed by atoms with Gasteiger partial charge in [0, 0.05) is 25.2 Å². The van der Waals surface area contributed by atoms with Crippen molar-refractivity contribution in [1.29, 1.82) is 0 Å². The maximum absolute atomic E-state index is 6.55. The second-order valence-corrected chi connectivity index (χ2v) is 11.1. The van der Waals surface area contributed by atoms with Crippen molar-refractivity contribution in [2.24, 2.45) is 34.5 Å². The number of rotatable bonds is 0. The standard InChI is InChI=1S/C23H36O4/c1-20-6-3-4-17(20)19-18(5-7-20)21(2)8-9-22(24-10-11-25-22)14-16(21)15-23(19)26-12-13-27-23/h16-19H,3-15H2,1-2H3/t16-,17-,18-,19-,20-,21-/m1/s1. The second kappa shape index (κ2) is 5.71. The Morgan fingerprint density at radius 2 is 1.44 bits per heavy atom. The fourth-order valence-electron chi connectivity index (χ4n) is 8.67. The van der Waals surface area contributed by atoms with E-state index < -0.39 is 0 Å². The lowest BCUT2D eigenvalue weighted by molar-refractivity contribution is -0.314. The minimum absolute atomic E-state index is 0.312. The molecule has 4 nitrogen and oxygen atoms in total. The first-order valence-electron chi connectivity index (χ1n) is 11.5. The molecule has 27 heavy (non-hydrogen) atoms. The summed E-state index contributed by atoms with van der Waals surface area (Å²) >= 11 is 0. The van der Waals surface area contributed by atoms with Gasteiger partial charge in [-0.25, -0.2) is 0 Å². The summed E-state index contributed by atoms with van der Waals surface area (Å²) < 4.78 is 25.4. The molecule has 6 atom stereocenters. The van der Waals surface area contributed by atoms with Gasteiger partial charge in [0.05, 0.1) is 26.4 Å². The summed E-state index contributed by atoms with van der Waals surface area (Å²) in [6.07, 6.45) is 11.3. The molecule has 0 aromatic carbocycles. The van der Waals surface area contributed by atoms with E-state index in [1.165, 1.54) is 38.5 Å². The molecule has 2 saturated heterocycles. The van der Waals surface area contributed by atoms with Crippen LogP contribution in [0.15, 0.2) is 0 Å². The van der Waals surface area contributed by atoms with E-state index in [1.54, 1.807) is 0 Å². The summed E-state index contributed by atoms with van der Waals surface area (Å²) in [5.41, 5.74) is 0.899. The van der Waals surface area contributed by atoms with E-state index in [-0.39, 0.29) is 11.6 Å². The van der Waals surface area contributed by atoms with Gasteiger partial charge in [0.1, 0.15) is 0 Å². The molecule has 6 rings (SSSR count). The highest BCUT2D eigenvalue weighted by Crippen LogP contribution is 2.70. The quantitative estimate of drug-likeness (QED) is 0.623. The van der Waals surface area contributed by atoms with Gasteiger partial charge in [-0.05, 0) is 60.7 Å². The molecule has 4 aliphatic carbocycles. The monoisotopic (exact) mass is 376 g/mol. The highest BCUT2D eigenvalue weighted by atomic mass is 16.7. The highest BCUT2D eigenvalue weighted by Gasteiger charge is 2.68. The average Bonchev–Trinajstić information content (AvgIpc) is 3.37. The third-order valence-electron chi connectivity index (χ3n) is 10.1. The van der Waals surface area contributed by atoms with Crippen molar-refractivity contribution in [3.05, 3.63) is 0 Å². The summed E-state index contributed by atoms with van der Waals surface area (Å²) in [6, 6.07) is 0. The largest absolute Gasteiger partial charge is 0.348 e. The SMILES string of the molecule is C[C@]12CCC[C@@H]1[C@@H]1[C@@H](CC2)[C@]2(C)CCC3(C[C@@H]2CC12OCCO2)OCCO3. The predicted molar refractivity (Wildman–Crippen MR) is 101 cm³/mol. The molecule has 6 aliphatic rings. The highest BCUT2D eigenvalue weighted by molar-refractivity contribution is 5.14. The Hall–Kier alpha value is -0.160. The van der Waals surface area contributed by atoms with E-state index in [4.69, 9.17) is 18.9 Å². The Bertz CT molecular complexity index is 607. The normalized spacial score (nSPS) is 52.7. The molecule has 2 aliphatic heterocycles. The molecule has 0 radical (unpaired) electrons. The van der Waals surface area contributed by atoms with E-state index in [1.807, 2.05) is 0 Å². The van der Waals surface area contributed by atoms with E-state index in [9.17, 15) is 0 Å². The lowest BCUT2D eigenvalue weighted by Gasteiger charge is -2.65. The van der Waals surface area contributed by atoms with Crippen molar-refractivity contribution >= 4 is 0 Å². The molecular weight excluding hydrogens is 340 g/mol. The molecular formula is C23H36O4. The van der Waals surface area contributed by atoms with Gasteiger partial charge in [-0.15, -0.1) is 0 Å². The van der Waals surface area contributed by atoms with Crippen LogP contribution in [-0.4, -0.2) is 38.0 Å². The molecule has 2 spiro atoms. The number of fused-ring (bicyclic) bond motifs is 6. The number of hydrogen-bond acceptors (Lipinski definition) is 4. The smallest absolute Gasteiger partial charge is 0.172 e. The Kier molecular flexibility index (Phi) is 3.74. The van der Waals surface area contributed by atoms with Crippen molar-refractivity contribution < 1.29 is 18.9 Å². The minimum atomic E-state index is -0.331. The first kappa shape index (κ1) is 17.7. The third kappa shape index (κ3) is 2.30. The van der Waals surface area contributed by atoms with Gasteiger partial charge < -0.3 is 18.9 Å². The van der Waals surface area contributed by atoms with Crippen LogP contribution in [0.3, 0.4) is 0 Å². The fourth-order valence-corrected chi connectivity index (χ4v) is 8.67. The molecule has 4 saturated carbocycles. The predicted octanol–water partition coefficient (Wildman–Crippen LogP) is 4.52. The molecule has 0 unspecified atom stereocenters. The van der Waals surface area contributed by atoms with Crippen LogP contribution < -0.4 is 0 Å². The third-order valence-corrected chi connectivity index (χ3v) is 10.1. The van der Waals surface area contributed by atoms with Crippen molar-refractivity contribution in [3.8, 4) is 0 Å². The molecule has 152 valence electrons. The Morgan fingerprint density at radius 3 is 2.22 bits per heavy atom. The molecule has 0 aromatic heterocycles. The maximum atomic E-state index is 6.55. The number of ether oxygens (including phenoxy) is 4. The zero-order valence-corrected chi connectivity index (χ0v) is 17.1. The molecule has 0 bridgehead atoms. The summed E-state index contributed by atoms with van der Waals surface area (Å²) in [4.78, 5) is 0. The molecule has 0 amide bonds. The van der Waals surface area contributed by atoms with Crippen molar-refractivity contribution in [2.75, 3.05) is 26.4 Å². The van der Waals surface area contributed by atoms with E-state index in [2.05, 4.69) is 13.8 Å². The van der Waals surface area contributed by atoms with Gasteiger partial charge in [0.2, 0.25) is 0 Å². The second-order valence-electron chi connectivity index (χ2n) is 11.1. The molecule has 0 aromatic rings. The van der Waals surface area contributed by atoms with Gasteiger partial charge in [0.25, 0.3) is 0 Å². The first-order valence-corrected chi connectivity index (χ1v) is 11.5. The van der Waals surface area contributed by atoms with Crippen LogP contribution >= 0.6 is 0 Å². The Balaban J connectivity index is 1.40. The molecule has 4 heteroatoms. The molecule has 6 fully saturated rings. The van der Waals surface area contributed by atoms with Crippen LogP contribution in [0.1, 0.15) is 71.6 Å². The Labute approximate surface area is 163 Å². The van der Waals surface area contributed by atoms with Gasteiger partial charge in [0.15, 0.2) is 11.6 Å². The maximum Gasteiger partial charge on any atom is 0.172 e. The van der Waals surface area contributed by atoms with E-state index in [0.717, 1.165) is 57.5 Å². The average molecular weight is 377 g/mol. The van der Waals surface area contributed by atoms with Crippen LogP contribution in [0.25, 0.3) is 0 Å². The fraction of sp³-hybridized carbons (Fsp3) is 1.00. The molecule has 2 heterocycles. The summed E-state index contributed by atoms with van der Waals surface area (Å²) in [6.45, 7) is 8.22. The zero-order valence-electron chi connectivity index (χ0n) is 17.1.